The summed E-state index contributed by atoms with van der Waals surface area (Å²) in [7, 11) is 0. The van der Waals surface area contributed by atoms with Gasteiger partial charge in [0, 0.05) is 35.3 Å². The van der Waals surface area contributed by atoms with Gasteiger partial charge >= 0.3 is 0 Å². The fourth-order valence-corrected chi connectivity index (χ4v) is 3.70. The van der Waals surface area contributed by atoms with Gasteiger partial charge < -0.3 is 14.9 Å². The summed E-state index contributed by atoms with van der Waals surface area (Å²) in [6.45, 7) is -0.254. The Morgan fingerprint density at radius 2 is 1.94 bits per heavy atom. The van der Waals surface area contributed by atoms with Crippen molar-refractivity contribution in [2.45, 2.75) is 24.9 Å². The number of fused-ring (bicyclic) bond motifs is 1. The second-order valence-electron chi connectivity index (χ2n) is 7.84. The summed E-state index contributed by atoms with van der Waals surface area (Å²) in [5.74, 6) is -1.81. The molecule has 0 radical (unpaired) electrons. The summed E-state index contributed by atoms with van der Waals surface area (Å²) in [5, 5.41) is 17.6. The van der Waals surface area contributed by atoms with Crippen molar-refractivity contribution in [3.63, 3.8) is 0 Å². The minimum Gasteiger partial charge on any atom is -0.386 e. The van der Waals surface area contributed by atoms with Crippen LogP contribution in [0.2, 0.25) is 0 Å². The number of nitrogens with zero attached hydrogens (tertiary/aromatic N) is 2. The molecule has 1 aliphatic carbocycles. The number of aromatic nitrogens is 2. The number of benzene rings is 2. The maximum Gasteiger partial charge on any atom is 0.259 e. The Morgan fingerprint density at radius 3 is 2.66 bits per heavy atom. The van der Waals surface area contributed by atoms with E-state index in [2.05, 4.69) is 15.5 Å². The highest BCUT2D eigenvalue weighted by atomic mass is 19.1. The van der Waals surface area contributed by atoms with Crippen molar-refractivity contribution in [2.24, 2.45) is 0 Å². The van der Waals surface area contributed by atoms with Crippen LogP contribution in [0.5, 0.6) is 0 Å². The van der Waals surface area contributed by atoms with Crippen LogP contribution >= 0.6 is 0 Å². The van der Waals surface area contributed by atoms with E-state index in [9.17, 15) is 18.7 Å². The van der Waals surface area contributed by atoms with E-state index < -0.39 is 23.6 Å². The summed E-state index contributed by atoms with van der Waals surface area (Å²) < 4.78 is 32.6. The van der Waals surface area contributed by atoms with Gasteiger partial charge in [-0.05, 0) is 25.0 Å². The molecule has 1 unspecified atom stereocenters. The third-order valence-electron chi connectivity index (χ3n) is 5.53. The van der Waals surface area contributed by atoms with E-state index in [1.807, 2.05) is 30.3 Å². The fourth-order valence-electron chi connectivity index (χ4n) is 3.70. The summed E-state index contributed by atoms with van der Waals surface area (Å²) in [6.07, 6.45) is 0.639. The maximum atomic E-state index is 14.0. The molecule has 162 valence electrons. The lowest BCUT2D eigenvalue weighted by Crippen LogP contribution is -2.29. The molecule has 1 fully saturated rings. The van der Waals surface area contributed by atoms with Crippen molar-refractivity contribution < 1.29 is 23.2 Å². The van der Waals surface area contributed by atoms with Crippen LogP contribution in [0.15, 0.2) is 59.1 Å². The topological polar surface area (TPSA) is 88.2 Å². The van der Waals surface area contributed by atoms with Crippen molar-refractivity contribution >= 4 is 17.0 Å². The Balaban J connectivity index is 1.47. The van der Waals surface area contributed by atoms with Gasteiger partial charge in [0.25, 0.3) is 11.6 Å². The third-order valence-corrected chi connectivity index (χ3v) is 5.53. The Labute approximate surface area is 181 Å². The van der Waals surface area contributed by atoms with Crippen LogP contribution in [0.4, 0.5) is 8.78 Å². The predicted molar refractivity (Wildman–Crippen MR) is 113 cm³/mol. The molecule has 1 aliphatic rings. The van der Waals surface area contributed by atoms with Crippen LogP contribution in [-0.4, -0.2) is 27.7 Å². The molecule has 32 heavy (non-hydrogen) atoms. The predicted octanol–water partition coefficient (Wildman–Crippen LogP) is 4.51. The number of rotatable bonds is 6. The van der Waals surface area contributed by atoms with Crippen LogP contribution < -0.4 is 5.32 Å². The summed E-state index contributed by atoms with van der Waals surface area (Å²) >= 11 is 0. The zero-order valence-corrected chi connectivity index (χ0v) is 16.9. The van der Waals surface area contributed by atoms with Crippen molar-refractivity contribution in [3.05, 3.63) is 83.1 Å². The Hall–Kier alpha value is -3.65. The second kappa shape index (κ2) is 8.12. The van der Waals surface area contributed by atoms with Gasteiger partial charge in [-0.1, -0.05) is 41.6 Å². The number of carbonyl (C=O) groups is 1. The summed E-state index contributed by atoms with van der Waals surface area (Å²) in [6, 6.07) is 13.9. The smallest absolute Gasteiger partial charge is 0.259 e. The minimum atomic E-state index is -1.34. The first-order valence-electron chi connectivity index (χ1n) is 10.3. The highest BCUT2D eigenvalue weighted by Gasteiger charge is 2.29. The molecule has 1 amide bonds. The molecular weight excluding hydrogens is 416 g/mol. The first-order chi connectivity index (χ1) is 15.5. The van der Waals surface area contributed by atoms with Crippen LogP contribution in [0.3, 0.4) is 0 Å². The number of nitrogens with one attached hydrogen (secondary N) is 1. The number of pyridine rings is 1. The Bertz CT molecular complexity index is 1300. The SMILES string of the molecule is O=C(NCC(O)c1ccc(F)cc1F)c1cc(C2CC2)nc2onc(-c3ccccc3)c12. The number of carbonyl (C=O) groups excluding carboxylic acids is 1. The molecule has 8 heteroatoms. The zero-order valence-electron chi connectivity index (χ0n) is 16.9. The van der Waals surface area contributed by atoms with Gasteiger partial charge in [-0.3, -0.25) is 4.79 Å². The lowest BCUT2D eigenvalue weighted by molar-refractivity contribution is 0.0915. The zero-order chi connectivity index (χ0) is 22.2. The minimum absolute atomic E-state index is 0.0970. The van der Waals surface area contributed by atoms with Gasteiger partial charge in [0.15, 0.2) is 0 Å². The van der Waals surface area contributed by atoms with E-state index >= 15 is 0 Å². The van der Waals surface area contributed by atoms with E-state index in [0.29, 0.717) is 22.7 Å². The molecule has 5 rings (SSSR count). The molecule has 2 aromatic carbocycles. The lowest BCUT2D eigenvalue weighted by Gasteiger charge is -2.14. The average molecular weight is 435 g/mol. The highest BCUT2D eigenvalue weighted by molar-refractivity contribution is 6.09. The van der Waals surface area contributed by atoms with Crippen molar-refractivity contribution in [2.75, 3.05) is 6.54 Å². The quantitative estimate of drug-likeness (QED) is 0.465. The molecule has 2 aromatic heterocycles. The van der Waals surface area contributed by atoms with E-state index in [4.69, 9.17) is 4.52 Å². The van der Waals surface area contributed by atoms with Gasteiger partial charge in [-0.2, -0.15) is 0 Å². The maximum absolute atomic E-state index is 14.0. The molecule has 1 atom stereocenters. The monoisotopic (exact) mass is 435 g/mol. The van der Waals surface area contributed by atoms with Crippen molar-refractivity contribution in [3.8, 4) is 11.3 Å². The van der Waals surface area contributed by atoms with Crippen molar-refractivity contribution in [1.82, 2.24) is 15.5 Å². The molecule has 0 bridgehead atoms. The number of amides is 1. The van der Waals surface area contributed by atoms with Gasteiger partial charge in [-0.25, -0.2) is 13.8 Å². The number of aliphatic hydroxyl groups is 1. The Morgan fingerprint density at radius 1 is 1.16 bits per heavy atom. The largest absolute Gasteiger partial charge is 0.386 e. The molecule has 0 spiro atoms. The first kappa shape index (κ1) is 20.3. The van der Waals surface area contributed by atoms with Gasteiger partial charge in [-0.15, -0.1) is 0 Å². The normalized spacial score (nSPS) is 14.5. The molecule has 4 aromatic rings. The van der Waals surface area contributed by atoms with Crippen LogP contribution in [0.1, 0.15) is 46.5 Å². The molecular formula is C24H19F2N3O3. The number of aliphatic hydroxyl groups excluding tert-OH is 1. The molecule has 6 nitrogen and oxygen atoms in total. The second-order valence-corrected chi connectivity index (χ2v) is 7.84. The standard InChI is InChI=1S/C24H19F2N3O3/c25-15-8-9-16(18(26)10-15)20(30)12-27-23(31)17-11-19(13-6-7-13)28-24-21(17)22(29-32-24)14-4-2-1-3-5-14/h1-5,8-11,13,20,30H,6-7,12H2,(H,27,31). The van der Waals surface area contributed by atoms with Gasteiger partial charge in [0.1, 0.15) is 17.3 Å². The molecule has 0 saturated heterocycles. The molecule has 0 aliphatic heterocycles. The van der Waals surface area contributed by atoms with Crippen LogP contribution in [0.25, 0.3) is 22.4 Å². The highest BCUT2D eigenvalue weighted by Crippen LogP contribution is 2.41. The molecule has 2 heterocycles. The molecule has 1 saturated carbocycles. The van der Waals surface area contributed by atoms with Crippen molar-refractivity contribution in [1.29, 1.82) is 0 Å². The third kappa shape index (κ3) is 3.85. The van der Waals surface area contributed by atoms with E-state index in [0.717, 1.165) is 36.2 Å². The number of hydrogen-bond acceptors (Lipinski definition) is 5. The fraction of sp³-hybridized carbons (Fsp3) is 0.208. The van der Waals surface area contributed by atoms with Gasteiger partial charge in [0.2, 0.25) is 0 Å². The summed E-state index contributed by atoms with van der Waals surface area (Å²) in [4.78, 5) is 17.7. The molecule has 2 N–H and O–H groups in total. The van der Waals surface area contributed by atoms with Crippen LogP contribution in [-0.2, 0) is 0 Å². The van der Waals surface area contributed by atoms with E-state index in [1.165, 1.54) is 0 Å². The van der Waals surface area contributed by atoms with Crippen LogP contribution in [0, 0.1) is 11.6 Å². The Kier molecular flexibility index (Phi) is 5.14. The lowest BCUT2D eigenvalue weighted by atomic mass is 10.0. The first-order valence-corrected chi connectivity index (χ1v) is 10.3. The number of hydrogen-bond donors (Lipinski definition) is 2. The van der Waals surface area contributed by atoms with E-state index in [1.54, 1.807) is 6.07 Å². The average Bonchev–Trinajstić information content (AvgIpc) is 3.56. The van der Waals surface area contributed by atoms with Gasteiger partial charge in [0.05, 0.1) is 17.1 Å². The van der Waals surface area contributed by atoms with E-state index in [-0.39, 0.29) is 23.7 Å². The number of halogens is 2. The summed E-state index contributed by atoms with van der Waals surface area (Å²) in [5.41, 5.74) is 2.51.